The SMILES string of the molecule is CC1=C[C@H]2C(=O)O[C@H]3C[C@@H](C/C=C(/C)[C@@H](O)[C@@H](C)/C=C\C=C4\CO[C@H]([C@@H]1O)[C@@]42O)O[C@@]1(C=C[C@H](C)[C@@H](C2CCCCC2)O1)C3. The molecule has 6 aliphatic rings. The number of aliphatic hydroxyl groups is 3. The zero-order valence-corrected chi connectivity index (χ0v) is 26.6. The van der Waals surface area contributed by atoms with Gasteiger partial charge in [0, 0.05) is 24.7 Å². The predicted octanol–water partition coefficient (Wildman–Crippen LogP) is 4.84. The van der Waals surface area contributed by atoms with E-state index in [2.05, 4.69) is 13.0 Å². The van der Waals surface area contributed by atoms with Crippen molar-refractivity contribution in [2.24, 2.45) is 23.7 Å². The number of hydrogen-bond acceptors (Lipinski definition) is 8. The van der Waals surface area contributed by atoms with Gasteiger partial charge in [-0.25, -0.2) is 0 Å². The molecule has 3 N–H and O–H groups in total. The van der Waals surface area contributed by atoms with Crippen LogP contribution >= 0.6 is 0 Å². The van der Waals surface area contributed by atoms with E-state index in [1.54, 1.807) is 25.2 Å². The summed E-state index contributed by atoms with van der Waals surface area (Å²) in [6.07, 6.45) is 17.0. The standard InChI is InChI=1S/C36H50O8/c1-21-9-8-12-26-20-41-33-31(38)24(4)17-29(36(26,33)40)34(39)42-28-18-27(14-13-22(2)30(21)37)43-35(19-28)16-15-23(3)32(44-35)25-10-6-5-7-11-25/h8-9,12-13,15-17,21,23,25,27-33,37-38,40H,5-7,10-11,14,18-20H2,1-4H3/b9-8-,22-13-,26-12-/t21-,23-,27+,28-,29-,30-,31+,32-,33+,35+,36+/m0/s1. The lowest BCUT2D eigenvalue weighted by Gasteiger charge is -2.49. The molecule has 11 atom stereocenters. The van der Waals surface area contributed by atoms with Crippen LogP contribution in [0.1, 0.15) is 79.1 Å². The van der Waals surface area contributed by atoms with Crippen LogP contribution < -0.4 is 0 Å². The van der Waals surface area contributed by atoms with E-state index in [4.69, 9.17) is 18.9 Å². The number of ether oxygens (including phenoxy) is 4. The van der Waals surface area contributed by atoms with Crippen molar-refractivity contribution in [1.29, 1.82) is 0 Å². The number of carbonyl (C=O) groups is 1. The second kappa shape index (κ2) is 12.6. The Bertz CT molecular complexity index is 1240. The van der Waals surface area contributed by atoms with Crippen LogP contribution in [0.5, 0.6) is 0 Å². The topological polar surface area (TPSA) is 115 Å². The van der Waals surface area contributed by atoms with Gasteiger partial charge in [0.2, 0.25) is 0 Å². The van der Waals surface area contributed by atoms with Gasteiger partial charge in [-0.05, 0) is 61.8 Å². The van der Waals surface area contributed by atoms with Crippen LogP contribution in [0.3, 0.4) is 0 Å². The molecule has 0 aromatic heterocycles. The third-order valence-electron chi connectivity index (χ3n) is 11.0. The highest BCUT2D eigenvalue weighted by atomic mass is 16.7. The number of carbonyl (C=O) groups excluding carboxylic acids is 1. The Balaban J connectivity index is 1.36. The summed E-state index contributed by atoms with van der Waals surface area (Å²) in [5, 5.41) is 34.2. The summed E-state index contributed by atoms with van der Waals surface area (Å²) < 4.78 is 25.8. The number of esters is 1. The molecule has 0 unspecified atom stereocenters. The van der Waals surface area contributed by atoms with Gasteiger partial charge in [-0.1, -0.05) is 69.6 Å². The number of allylic oxidation sites excluding steroid dienone is 2. The van der Waals surface area contributed by atoms with E-state index in [1.165, 1.54) is 19.3 Å². The molecule has 0 radical (unpaired) electrons. The molecule has 3 fully saturated rings. The van der Waals surface area contributed by atoms with Gasteiger partial charge in [0.25, 0.3) is 0 Å². The van der Waals surface area contributed by atoms with E-state index in [0.29, 0.717) is 36.3 Å². The van der Waals surface area contributed by atoms with Crippen LogP contribution in [0.15, 0.2) is 59.3 Å². The Morgan fingerprint density at radius 2 is 1.70 bits per heavy atom. The minimum atomic E-state index is -1.76. The van der Waals surface area contributed by atoms with Gasteiger partial charge in [-0.2, -0.15) is 0 Å². The summed E-state index contributed by atoms with van der Waals surface area (Å²) in [4.78, 5) is 14.0. The van der Waals surface area contributed by atoms with Crippen molar-refractivity contribution in [3.63, 3.8) is 0 Å². The average molecular weight is 611 g/mol. The zero-order chi connectivity index (χ0) is 31.2. The minimum Gasteiger partial charge on any atom is -0.462 e. The van der Waals surface area contributed by atoms with Gasteiger partial charge in [0.05, 0.1) is 24.9 Å². The molecule has 0 aromatic rings. The van der Waals surface area contributed by atoms with Crippen molar-refractivity contribution < 1.29 is 39.1 Å². The first-order valence-electron chi connectivity index (χ1n) is 16.7. The molecular weight excluding hydrogens is 560 g/mol. The highest BCUT2D eigenvalue weighted by molar-refractivity contribution is 5.78. The summed E-state index contributed by atoms with van der Waals surface area (Å²) in [5.41, 5.74) is 0.134. The maximum Gasteiger partial charge on any atom is 0.316 e. The van der Waals surface area contributed by atoms with Crippen LogP contribution in [-0.4, -0.2) is 75.9 Å². The Kier molecular flexibility index (Phi) is 9.14. The summed E-state index contributed by atoms with van der Waals surface area (Å²) in [5.74, 6) is -2.11. The summed E-state index contributed by atoms with van der Waals surface area (Å²) in [6.45, 7) is 7.88. The van der Waals surface area contributed by atoms with Gasteiger partial charge in [-0.15, -0.1) is 0 Å². The fourth-order valence-corrected chi connectivity index (χ4v) is 8.28. The maximum atomic E-state index is 14.0. The van der Waals surface area contributed by atoms with E-state index >= 15 is 0 Å². The Hall–Kier alpha value is -2.07. The van der Waals surface area contributed by atoms with Crippen molar-refractivity contribution in [3.8, 4) is 0 Å². The van der Waals surface area contributed by atoms with Crippen molar-refractivity contribution >= 4 is 5.97 Å². The molecule has 242 valence electrons. The summed E-state index contributed by atoms with van der Waals surface area (Å²) in [6, 6.07) is 0. The molecule has 0 amide bonds. The molecule has 1 saturated carbocycles. The van der Waals surface area contributed by atoms with Gasteiger partial charge in [-0.3, -0.25) is 4.79 Å². The summed E-state index contributed by atoms with van der Waals surface area (Å²) in [7, 11) is 0. The maximum absolute atomic E-state index is 14.0. The third kappa shape index (κ3) is 5.94. The molecular formula is C36H50O8. The Morgan fingerprint density at radius 3 is 2.48 bits per heavy atom. The van der Waals surface area contributed by atoms with E-state index in [9.17, 15) is 20.1 Å². The van der Waals surface area contributed by atoms with Crippen molar-refractivity contribution in [1.82, 2.24) is 0 Å². The lowest BCUT2D eigenvalue weighted by Crippen LogP contribution is -2.58. The van der Waals surface area contributed by atoms with E-state index < -0.39 is 47.7 Å². The predicted molar refractivity (Wildman–Crippen MR) is 165 cm³/mol. The van der Waals surface area contributed by atoms with Crippen LogP contribution in [-0.2, 0) is 23.7 Å². The lowest BCUT2D eigenvalue weighted by molar-refractivity contribution is -0.301. The molecule has 44 heavy (non-hydrogen) atoms. The molecule has 0 aromatic carbocycles. The molecule has 2 aliphatic carbocycles. The van der Waals surface area contributed by atoms with E-state index in [-0.39, 0.29) is 30.7 Å². The van der Waals surface area contributed by atoms with Gasteiger partial charge < -0.3 is 34.3 Å². The molecule has 4 aliphatic heterocycles. The van der Waals surface area contributed by atoms with E-state index in [0.717, 1.165) is 18.4 Å². The third-order valence-corrected chi connectivity index (χ3v) is 11.0. The monoisotopic (exact) mass is 610 g/mol. The summed E-state index contributed by atoms with van der Waals surface area (Å²) >= 11 is 0. The number of fused-ring (bicyclic) bond motifs is 2. The minimum absolute atomic E-state index is 0.0233. The van der Waals surface area contributed by atoms with Crippen molar-refractivity contribution in [2.45, 2.75) is 127 Å². The van der Waals surface area contributed by atoms with Gasteiger partial charge in [0.1, 0.15) is 29.8 Å². The highest BCUT2D eigenvalue weighted by Gasteiger charge is 2.60. The first-order valence-corrected chi connectivity index (χ1v) is 16.7. The second-order valence-corrected chi connectivity index (χ2v) is 14.2. The average Bonchev–Trinajstić information content (AvgIpc) is 3.35. The highest BCUT2D eigenvalue weighted by Crippen LogP contribution is 2.47. The second-order valence-electron chi connectivity index (χ2n) is 14.2. The van der Waals surface area contributed by atoms with Crippen LogP contribution in [0.2, 0.25) is 0 Å². The largest absolute Gasteiger partial charge is 0.462 e. The molecule has 4 heterocycles. The molecule has 6 rings (SSSR count). The Labute approximate surface area is 261 Å². The smallest absolute Gasteiger partial charge is 0.316 e. The fourth-order valence-electron chi connectivity index (χ4n) is 8.28. The molecule has 1 spiro atoms. The number of hydrogen-bond donors (Lipinski definition) is 3. The zero-order valence-electron chi connectivity index (χ0n) is 26.6. The molecule has 8 heteroatoms. The number of rotatable bonds is 1. The normalized spacial score (nSPS) is 48.4. The van der Waals surface area contributed by atoms with E-state index in [1.807, 2.05) is 32.1 Å². The fraction of sp³-hybridized carbons (Fsp3) is 0.694. The number of aliphatic hydroxyl groups excluding tert-OH is 2. The van der Waals surface area contributed by atoms with Crippen LogP contribution in [0.25, 0.3) is 0 Å². The first kappa shape index (κ1) is 31.9. The van der Waals surface area contributed by atoms with Crippen LogP contribution in [0, 0.1) is 23.7 Å². The molecule has 8 nitrogen and oxygen atoms in total. The Morgan fingerprint density at radius 1 is 0.932 bits per heavy atom. The molecule has 2 bridgehead atoms. The quantitative estimate of drug-likeness (QED) is 0.286. The first-order chi connectivity index (χ1) is 21.0. The van der Waals surface area contributed by atoms with Crippen molar-refractivity contribution in [2.75, 3.05) is 6.61 Å². The molecule has 2 saturated heterocycles. The lowest BCUT2D eigenvalue weighted by atomic mass is 9.71. The van der Waals surface area contributed by atoms with Crippen molar-refractivity contribution in [3.05, 3.63) is 59.3 Å². The van der Waals surface area contributed by atoms with Gasteiger partial charge >= 0.3 is 5.97 Å². The van der Waals surface area contributed by atoms with Crippen LogP contribution in [0.4, 0.5) is 0 Å². The van der Waals surface area contributed by atoms with Gasteiger partial charge in [0.15, 0.2) is 5.79 Å².